The Kier molecular flexibility index (Phi) is 4.44. The van der Waals surface area contributed by atoms with Gasteiger partial charge in [0, 0.05) is 22.8 Å². The topological polar surface area (TPSA) is 122 Å². The van der Waals surface area contributed by atoms with E-state index in [4.69, 9.17) is 5.73 Å². The van der Waals surface area contributed by atoms with Gasteiger partial charge in [0.15, 0.2) is 5.82 Å². The number of rotatable bonds is 4. The van der Waals surface area contributed by atoms with Crippen LogP contribution >= 0.6 is 0 Å². The highest BCUT2D eigenvalue weighted by atomic mass is 16.1. The molecular formula is C20H19N7O. The third-order valence-corrected chi connectivity index (χ3v) is 4.32. The van der Waals surface area contributed by atoms with Gasteiger partial charge in [-0.25, -0.2) is 9.97 Å². The number of hydrogen-bond donors (Lipinski definition) is 3. The van der Waals surface area contributed by atoms with Crippen molar-refractivity contribution in [1.29, 1.82) is 0 Å². The zero-order chi connectivity index (χ0) is 19.7. The summed E-state index contributed by atoms with van der Waals surface area (Å²) >= 11 is 0. The number of nitrogen functional groups attached to an aromatic ring is 1. The first-order valence-corrected chi connectivity index (χ1v) is 8.79. The third kappa shape index (κ3) is 3.39. The highest BCUT2D eigenvalue weighted by Crippen LogP contribution is 2.30. The molecule has 0 saturated carbocycles. The number of hydrogen-bond acceptors (Lipinski definition) is 6. The summed E-state index contributed by atoms with van der Waals surface area (Å²) in [5.74, 6) is 0.892. The summed E-state index contributed by atoms with van der Waals surface area (Å²) in [5, 5.41) is 10.7. The minimum Gasteiger partial charge on any atom is -0.398 e. The van der Waals surface area contributed by atoms with Gasteiger partial charge in [0.25, 0.3) is 5.91 Å². The lowest BCUT2D eigenvalue weighted by Gasteiger charge is -2.10. The molecule has 0 unspecified atom stereocenters. The van der Waals surface area contributed by atoms with Gasteiger partial charge in [-0.1, -0.05) is 6.07 Å². The largest absolute Gasteiger partial charge is 0.398 e. The number of carbonyl (C=O) groups excluding carboxylic acids is 1. The minimum absolute atomic E-state index is 0.235. The molecule has 3 heterocycles. The van der Waals surface area contributed by atoms with Crippen molar-refractivity contribution in [2.75, 3.05) is 5.73 Å². The van der Waals surface area contributed by atoms with E-state index in [-0.39, 0.29) is 11.6 Å². The number of amides is 1. The van der Waals surface area contributed by atoms with Crippen LogP contribution in [0.5, 0.6) is 0 Å². The Hall–Kier alpha value is -3.81. The first-order valence-electron chi connectivity index (χ1n) is 8.79. The number of nitrogens with two attached hydrogens (primary N) is 1. The van der Waals surface area contributed by atoms with Crippen LogP contribution in [0, 0.1) is 13.8 Å². The van der Waals surface area contributed by atoms with Gasteiger partial charge < -0.3 is 11.1 Å². The minimum atomic E-state index is -0.322. The Morgan fingerprint density at radius 3 is 2.75 bits per heavy atom. The highest BCUT2D eigenvalue weighted by molar-refractivity contribution is 6.03. The molecule has 0 bridgehead atoms. The van der Waals surface area contributed by atoms with E-state index in [0.717, 1.165) is 22.2 Å². The van der Waals surface area contributed by atoms with E-state index in [9.17, 15) is 4.79 Å². The molecule has 3 aromatic heterocycles. The van der Waals surface area contributed by atoms with Crippen molar-refractivity contribution in [1.82, 2.24) is 30.5 Å². The van der Waals surface area contributed by atoms with Gasteiger partial charge in [-0.2, -0.15) is 5.10 Å². The van der Waals surface area contributed by atoms with Crippen molar-refractivity contribution in [2.45, 2.75) is 20.4 Å². The van der Waals surface area contributed by atoms with Crippen molar-refractivity contribution >= 4 is 22.5 Å². The molecule has 0 saturated heterocycles. The van der Waals surface area contributed by atoms with Crippen molar-refractivity contribution in [3.63, 3.8) is 0 Å². The molecule has 0 spiro atoms. The van der Waals surface area contributed by atoms with Gasteiger partial charge in [0.05, 0.1) is 17.8 Å². The molecule has 8 nitrogen and oxygen atoms in total. The Labute approximate surface area is 161 Å². The fourth-order valence-corrected chi connectivity index (χ4v) is 3.01. The molecule has 4 aromatic rings. The second kappa shape index (κ2) is 7.07. The highest BCUT2D eigenvalue weighted by Gasteiger charge is 2.16. The summed E-state index contributed by atoms with van der Waals surface area (Å²) in [7, 11) is 0. The van der Waals surface area contributed by atoms with Crippen LogP contribution in [0.25, 0.3) is 22.3 Å². The fourth-order valence-electron chi connectivity index (χ4n) is 3.01. The third-order valence-electron chi connectivity index (χ3n) is 4.32. The zero-order valence-corrected chi connectivity index (χ0v) is 15.5. The van der Waals surface area contributed by atoms with Crippen LogP contribution in [0.3, 0.4) is 0 Å². The Morgan fingerprint density at radius 1 is 1.18 bits per heavy atom. The molecule has 1 aromatic carbocycles. The summed E-state index contributed by atoms with van der Waals surface area (Å²) in [5.41, 5.74) is 10.0. The van der Waals surface area contributed by atoms with E-state index in [2.05, 4.69) is 30.5 Å². The van der Waals surface area contributed by atoms with Crippen LogP contribution < -0.4 is 11.1 Å². The van der Waals surface area contributed by atoms with Crippen molar-refractivity contribution in [3.05, 3.63) is 65.4 Å². The van der Waals surface area contributed by atoms with E-state index in [1.807, 2.05) is 44.2 Å². The summed E-state index contributed by atoms with van der Waals surface area (Å²) in [6.45, 7) is 4.10. The molecule has 4 rings (SSSR count). The van der Waals surface area contributed by atoms with Gasteiger partial charge >= 0.3 is 0 Å². The second-order valence-corrected chi connectivity index (χ2v) is 6.55. The normalized spacial score (nSPS) is 10.9. The number of H-pyrrole nitrogens is 1. The number of anilines is 1. The van der Waals surface area contributed by atoms with Gasteiger partial charge in [-0.05, 0) is 49.7 Å². The average Bonchev–Trinajstić information content (AvgIpc) is 3.13. The average molecular weight is 373 g/mol. The number of carbonyl (C=O) groups is 1. The summed E-state index contributed by atoms with van der Waals surface area (Å²) in [6.07, 6.45) is 1.68. The van der Waals surface area contributed by atoms with Crippen molar-refractivity contribution < 1.29 is 4.79 Å². The molecule has 0 radical (unpaired) electrons. The van der Waals surface area contributed by atoms with Crippen LogP contribution in [0.1, 0.15) is 27.6 Å². The summed E-state index contributed by atoms with van der Waals surface area (Å²) in [4.78, 5) is 25.8. The lowest BCUT2D eigenvalue weighted by Crippen LogP contribution is -2.24. The van der Waals surface area contributed by atoms with Gasteiger partial charge in [-0.3, -0.25) is 14.9 Å². The first-order chi connectivity index (χ1) is 13.5. The maximum atomic E-state index is 12.6. The van der Waals surface area contributed by atoms with Crippen LogP contribution in [0.15, 0.2) is 42.6 Å². The van der Waals surface area contributed by atoms with Gasteiger partial charge in [0.1, 0.15) is 11.5 Å². The molecule has 140 valence electrons. The Bertz CT molecular complexity index is 1170. The molecule has 28 heavy (non-hydrogen) atoms. The molecule has 0 aliphatic carbocycles. The van der Waals surface area contributed by atoms with Crippen LogP contribution in [0.4, 0.5) is 5.69 Å². The van der Waals surface area contributed by atoms with Gasteiger partial charge in [0.2, 0.25) is 0 Å². The smallest absolute Gasteiger partial charge is 0.270 e. The maximum absolute atomic E-state index is 12.6. The molecule has 8 heteroatoms. The van der Waals surface area contributed by atoms with E-state index >= 15 is 0 Å². The van der Waals surface area contributed by atoms with E-state index < -0.39 is 0 Å². The number of pyridine rings is 2. The standard InChI is InChI=1S/C20H19N7O/c1-11-7-14-16(21)9-17(20(28)23-10-13-5-3-4-6-22-13)25-18(14)15(8-11)19-24-12(2)26-27-19/h3-9H,10H2,1-2H3,(H2,21,25)(H,23,28)(H,24,26,27). The SMILES string of the molecule is Cc1cc(-c2n[nH]c(C)n2)c2nc(C(=O)NCc3ccccn3)cc(N)c2c1. The molecule has 0 aliphatic rings. The molecule has 0 fully saturated rings. The van der Waals surface area contributed by atoms with E-state index in [1.165, 1.54) is 0 Å². The quantitative estimate of drug-likeness (QED) is 0.505. The monoisotopic (exact) mass is 373 g/mol. The number of aryl methyl sites for hydroxylation is 2. The molecule has 1 amide bonds. The number of aromatic amines is 1. The Balaban J connectivity index is 1.74. The van der Waals surface area contributed by atoms with Crippen LogP contribution in [-0.4, -0.2) is 31.1 Å². The lowest BCUT2D eigenvalue weighted by atomic mass is 10.0. The summed E-state index contributed by atoms with van der Waals surface area (Å²) < 4.78 is 0. The molecule has 0 aliphatic heterocycles. The predicted octanol–water partition coefficient (Wildman–Crippen LogP) is 2.54. The van der Waals surface area contributed by atoms with Crippen LogP contribution in [0.2, 0.25) is 0 Å². The molecule has 0 atom stereocenters. The van der Waals surface area contributed by atoms with Crippen LogP contribution in [-0.2, 0) is 6.54 Å². The number of fused-ring (bicyclic) bond motifs is 1. The van der Waals surface area contributed by atoms with E-state index in [1.54, 1.807) is 12.3 Å². The first kappa shape index (κ1) is 17.6. The number of nitrogens with one attached hydrogen (secondary N) is 2. The fraction of sp³-hybridized carbons (Fsp3) is 0.150. The van der Waals surface area contributed by atoms with Crippen molar-refractivity contribution in [2.24, 2.45) is 0 Å². The predicted molar refractivity (Wildman–Crippen MR) is 106 cm³/mol. The zero-order valence-electron chi connectivity index (χ0n) is 15.5. The maximum Gasteiger partial charge on any atom is 0.270 e. The Morgan fingerprint density at radius 2 is 2.04 bits per heavy atom. The lowest BCUT2D eigenvalue weighted by molar-refractivity contribution is 0.0946. The molecular weight excluding hydrogens is 354 g/mol. The van der Waals surface area contributed by atoms with Crippen molar-refractivity contribution in [3.8, 4) is 11.4 Å². The number of nitrogens with zero attached hydrogens (tertiary/aromatic N) is 4. The molecule has 4 N–H and O–H groups in total. The second-order valence-electron chi connectivity index (χ2n) is 6.55. The van der Waals surface area contributed by atoms with Gasteiger partial charge in [-0.15, -0.1) is 0 Å². The number of benzene rings is 1. The number of aromatic nitrogens is 5. The summed E-state index contributed by atoms with van der Waals surface area (Å²) in [6, 6.07) is 11.0. The van der Waals surface area contributed by atoms with E-state index in [0.29, 0.717) is 29.4 Å².